The number of nitrogens with one attached hydrogen (secondary N) is 2. The zero-order valence-electron chi connectivity index (χ0n) is 10.5. The van der Waals surface area contributed by atoms with Crippen LogP contribution in [0.15, 0.2) is 24.3 Å². The van der Waals surface area contributed by atoms with Gasteiger partial charge in [-0.2, -0.15) is 15.0 Å². The molecule has 0 saturated carbocycles. The number of benzene rings is 1. The van der Waals surface area contributed by atoms with Gasteiger partial charge in [0.1, 0.15) is 0 Å². The summed E-state index contributed by atoms with van der Waals surface area (Å²) in [6, 6.07) is 8.13. The van der Waals surface area contributed by atoms with Gasteiger partial charge in [0, 0.05) is 15.3 Å². The molecule has 0 aliphatic carbocycles. The Labute approximate surface area is 130 Å². The highest BCUT2D eigenvalue weighted by Gasteiger charge is 2.06. The number of halogens is 2. The minimum Gasteiger partial charge on any atom is -0.352 e. The van der Waals surface area contributed by atoms with Crippen LogP contribution >= 0.6 is 34.2 Å². The van der Waals surface area contributed by atoms with Crippen LogP contribution in [0.2, 0.25) is 5.28 Å². The molecule has 0 radical (unpaired) electrons. The van der Waals surface area contributed by atoms with Crippen LogP contribution in [0.3, 0.4) is 0 Å². The molecule has 19 heavy (non-hydrogen) atoms. The van der Waals surface area contributed by atoms with Crippen LogP contribution in [-0.4, -0.2) is 21.0 Å². The number of nitrogens with zero attached hydrogens (tertiary/aromatic N) is 3. The van der Waals surface area contributed by atoms with Crippen LogP contribution in [0.5, 0.6) is 0 Å². The van der Waals surface area contributed by atoms with E-state index in [1.54, 1.807) is 0 Å². The molecule has 0 amide bonds. The van der Waals surface area contributed by atoms with E-state index in [9.17, 15) is 0 Å². The molecule has 1 heterocycles. The van der Waals surface area contributed by atoms with E-state index in [2.05, 4.69) is 48.2 Å². The third-order valence-electron chi connectivity index (χ3n) is 2.13. The van der Waals surface area contributed by atoms with Crippen molar-refractivity contribution in [2.45, 2.75) is 19.9 Å². The smallest absolute Gasteiger partial charge is 0.233 e. The summed E-state index contributed by atoms with van der Waals surface area (Å²) < 4.78 is 1.17. The van der Waals surface area contributed by atoms with Crippen molar-refractivity contribution in [1.82, 2.24) is 15.0 Å². The predicted octanol–water partition coefficient (Wildman–Crippen LogP) is 3.69. The van der Waals surface area contributed by atoms with E-state index in [1.165, 1.54) is 3.57 Å². The Hall–Kier alpha value is -1.15. The van der Waals surface area contributed by atoms with E-state index >= 15 is 0 Å². The van der Waals surface area contributed by atoms with Crippen molar-refractivity contribution in [3.05, 3.63) is 33.1 Å². The van der Waals surface area contributed by atoms with Gasteiger partial charge in [0.25, 0.3) is 0 Å². The minimum absolute atomic E-state index is 0.158. The van der Waals surface area contributed by atoms with Crippen molar-refractivity contribution >= 4 is 51.8 Å². The average molecular weight is 390 g/mol. The summed E-state index contributed by atoms with van der Waals surface area (Å²) in [4.78, 5) is 12.3. The summed E-state index contributed by atoms with van der Waals surface area (Å²) >= 11 is 8.13. The topological polar surface area (TPSA) is 62.7 Å². The normalized spacial score (nSPS) is 10.6. The van der Waals surface area contributed by atoms with Crippen molar-refractivity contribution < 1.29 is 0 Å². The standard InChI is InChI=1S/C12H13ClIN5/c1-7(2)15-11-17-10(13)18-12(19-11)16-9-5-3-8(14)4-6-9/h3-7H,1-2H3,(H2,15,16,17,18,19). The molecule has 0 unspecified atom stereocenters. The predicted molar refractivity (Wildman–Crippen MR) is 86.0 cm³/mol. The third-order valence-corrected chi connectivity index (χ3v) is 3.01. The molecule has 0 aliphatic rings. The Kier molecular flexibility index (Phi) is 4.76. The first-order valence-corrected chi connectivity index (χ1v) is 7.19. The van der Waals surface area contributed by atoms with Gasteiger partial charge in [0.05, 0.1) is 0 Å². The molecular formula is C12H13ClIN5. The Morgan fingerprint density at radius 3 is 2.32 bits per heavy atom. The number of aromatic nitrogens is 3. The minimum atomic E-state index is 0.158. The van der Waals surface area contributed by atoms with E-state index in [0.29, 0.717) is 11.9 Å². The third kappa shape index (κ3) is 4.46. The van der Waals surface area contributed by atoms with Crippen LogP contribution in [0.25, 0.3) is 0 Å². The quantitative estimate of drug-likeness (QED) is 0.781. The van der Waals surface area contributed by atoms with Gasteiger partial charge < -0.3 is 10.6 Å². The molecule has 1 aromatic carbocycles. The van der Waals surface area contributed by atoms with Crippen molar-refractivity contribution in [1.29, 1.82) is 0 Å². The second-order valence-electron chi connectivity index (χ2n) is 4.18. The van der Waals surface area contributed by atoms with Crippen LogP contribution < -0.4 is 10.6 Å². The van der Waals surface area contributed by atoms with Crippen LogP contribution in [0.4, 0.5) is 17.6 Å². The lowest BCUT2D eigenvalue weighted by molar-refractivity contribution is 0.868. The zero-order chi connectivity index (χ0) is 13.8. The Morgan fingerprint density at radius 2 is 1.68 bits per heavy atom. The van der Waals surface area contributed by atoms with Gasteiger partial charge in [-0.15, -0.1) is 0 Å². The van der Waals surface area contributed by atoms with Crippen molar-refractivity contribution in [2.75, 3.05) is 10.6 Å². The lowest BCUT2D eigenvalue weighted by atomic mass is 10.3. The lowest BCUT2D eigenvalue weighted by Gasteiger charge is -2.10. The van der Waals surface area contributed by atoms with E-state index in [-0.39, 0.29) is 11.3 Å². The highest BCUT2D eigenvalue weighted by atomic mass is 127. The summed E-state index contributed by atoms with van der Waals surface area (Å²) in [5.41, 5.74) is 0.901. The van der Waals surface area contributed by atoms with E-state index < -0.39 is 0 Å². The summed E-state index contributed by atoms with van der Waals surface area (Å²) in [5, 5.41) is 6.35. The lowest BCUT2D eigenvalue weighted by Crippen LogP contribution is -2.14. The molecule has 2 rings (SSSR count). The van der Waals surface area contributed by atoms with Crippen molar-refractivity contribution in [2.24, 2.45) is 0 Å². The zero-order valence-corrected chi connectivity index (χ0v) is 13.4. The average Bonchev–Trinajstić information content (AvgIpc) is 2.30. The number of hydrogen-bond donors (Lipinski definition) is 2. The van der Waals surface area contributed by atoms with Crippen LogP contribution in [-0.2, 0) is 0 Å². The largest absolute Gasteiger partial charge is 0.352 e. The molecule has 5 nitrogen and oxygen atoms in total. The molecule has 0 spiro atoms. The number of hydrogen-bond acceptors (Lipinski definition) is 5. The number of anilines is 3. The molecule has 0 bridgehead atoms. The SMILES string of the molecule is CC(C)Nc1nc(Cl)nc(Nc2ccc(I)cc2)n1. The highest BCUT2D eigenvalue weighted by molar-refractivity contribution is 14.1. The fourth-order valence-electron chi connectivity index (χ4n) is 1.39. The Bertz CT molecular complexity index is 559. The number of rotatable bonds is 4. The van der Waals surface area contributed by atoms with Gasteiger partial charge in [-0.25, -0.2) is 0 Å². The maximum atomic E-state index is 5.88. The highest BCUT2D eigenvalue weighted by Crippen LogP contribution is 2.17. The Morgan fingerprint density at radius 1 is 1.05 bits per heavy atom. The molecule has 0 atom stereocenters. The second kappa shape index (κ2) is 6.33. The van der Waals surface area contributed by atoms with Gasteiger partial charge in [-0.1, -0.05) is 0 Å². The molecule has 0 aliphatic heterocycles. The monoisotopic (exact) mass is 389 g/mol. The first kappa shape index (κ1) is 14.3. The molecule has 2 aromatic rings. The van der Waals surface area contributed by atoms with Crippen molar-refractivity contribution in [3.8, 4) is 0 Å². The van der Waals surface area contributed by atoms with Crippen molar-refractivity contribution in [3.63, 3.8) is 0 Å². The summed E-state index contributed by atoms with van der Waals surface area (Å²) in [6.07, 6.45) is 0. The van der Waals surface area contributed by atoms with Crippen LogP contribution in [0.1, 0.15) is 13.8 Å². The molecule has 0 fully saturated rings. The maximum Gasteiger partial charge on any atom is 0.233 e. The van der Waals surface area contributed by atoms with Crippen LogP contribution in [0, 0.1) is 3.57 Å². The van der Waals surface area contributed by atoms with E-state index in [4.69, 9.17) is 11.6 Å². The summed E-state index contributed by atoms with van der Waals surface area (Å²) in [5.74, 6) is 0.882. The molecular weight excluding hydrogens is 377 g/mol. The summed E-state index contributed by atoms with van der Waals surface area (Å²) in [6.45, 7) is 4.01. The molecule has 0 saturated heterocycles. The maximum absolute atomic E-state index is 5.88. The fraction of sp³-hybridized carbons (Fsp3) is 0.250. The van der Waals surface area contributed by atoms with E-state index in [1.807, 2.05) is 38.1 Å². The summed E-state index contributed by atoms with van der Waals surface area (Å²) in [7, 11) is 0. The molecule has 1 aromatic heterocycles. The van der Waals surface area contributed by atoms with Gasteiger partial charge in [0.2, 0.25) is 17.2 Å². The van der Waals surface area contributed by atoms with E-state index in [0.717, 1.165) is 5.69 Å². The van der Waals surface area contributed by atoms with Gasteiger partial charge in [0.15, 0.2) is 0 Å². The Balaban J connectivity index is 2.19. The molecule has 7 heteroatoms. The fourth-order valence-corrected chi connectivity index (χ4v) is 1.91. The van der Waals surface area contributed by atoms with Gasteiger partial charge in [-0.05, 0) is 72.3 Å². The van der Waals surface area contributed by atoms with Gasteiger partial charge >= 0.3 is 0 Å². The first-order valence-electron chi connectivity index (χ1n) is 5.73. The first-order chi connectivity index (χ1) is 9.02. The van der Waals surface area contributed by atoms with Gasteiger partial charge in [-0.3, -0.25) is 0 Å². The molecule has 2 N–H and O–H groups in total. The second-order valence-corrected chi connectivity index (χ2v) is 5.77. The molecule has 100 valence electrons.